The van der Waals surface area contributed by atoms with Crippen LogP contribution < -0.4 is 5.32 Å². The number of hydrogen-bond donors (Lipinski definition) is 2. The van der Waals surface area contributed by atoms with Gasteiger partial charge in [-0.25, -0.2) is 4.79 Å². The van der Waals surface area contributed by atoms with Crippen molar-refractivity contribution in [1.82, 2.24) is 5.32 Å². The summed E-state index contributed by atoms with van der Waals surface area (Å²) in [5.41, 5.74) is 1.87. The van der Waals surface area contributed by atoms with Crippen molar-refractivity contribution in [1.29, 1.82) is 0 Å². The summed E-state index contributed by atoms with van der Waals surface area (Å²) >= 11 is 0. The second-order valence-electron chi connectivity index (χ2n) is 4.54. The van der Waals surface area contributed by atoms with Crippen molar-refractivity contribution in [2.45, 2.75) is 26.3 Å². The topological polar surface area (TPSA) is 75.6 Å². The molecule has 1 unspecified atom stereocenters. The SMILES string of the molecule is COC(=O)C(C)NC(=O)c1cc(C)ccc1C#CCCO. The fourth-order valence-corrected chi connectivity index (χ4v) is 1.68. The second kappa shape index (κ2) is 8.08. The zero-order valence-corrected chi connectivity index (χ0v) is 12.4. The van der Waals surface area contributed by atoms with Crippen LogP contribution in [-0.2, 0) is 9.53 Å². The molecule has 5 heteroatoms. The molecular formula is C16H19NO4. The van der Waals surface area contributed by atoms with Gasteiger partial charge in [0, 0.05) is 12.0 Å². The maximum Gasteiger partial charge on any atom is 0.328 e. The summed E-state index contributed by atoms with van der Waals surface area (Å²) in [6.45, 7) is 3.39. The summed E-state index contributed by atoms with van der Waals surface area (Å²) in [5, 5.41) is 11.3. The highest BCUT2D eigenvalue weighted by Crippen LogP contribution is 2.11. The molecule has 1 amide bonds. The average Bonchev–Trinajstić information content (AvgIpc) is 2.47. The quantitative estimate of drug-likeness (QED) is 0.641. The minimum absolute atomic E-state index is 0.0280. The van der Waals surface area contributed by atoms with E-state index in [1.807, 2.05) is 13.0 Å². The van der Waals surface area contributed by atoms with Crippen LogP contribution in [0.5, 0.6) is 0 Å². The highest BCUT2D eigenvalue weighted by Gasteiger charge is 2.18. The molecular weight excluding hydrogens is 270 g/mol. The number of nitrogens with one attached hydrogen (secondary N) is 1. The first-order valence-corrected chi connectivity index (χ1v) is 6.58. The van der Waals surface area contributed by atoms with E-state index in [4.69, 9.17) is 5.11 Å². The van der Waals surface area contributed by atoms with Gasteiger partial charge in [-0.1, -0.05) is 23.5 Å². The van der Waals surface area contributed by atoms with Gasteiger partial charge in [0.05, 0.1) is 19.3 Å². The van der Waals surface area contributed by atoms with Crippen LogP contribution in [0.25, 0.3) is 0 Å². The Balaban J connectivity index is 3.00. The summed E-state index contributed by atoms with van der Waals surface area (Å²) in [6.07, 6.45) is 0.341. The number of ether oxygens (including phenoxy) is 1. The molecule has 1 aromatic carbocycles. The second-order valence-corrected chi connectivity index (χ2v) is 4.54. The highest BCUT2D eigenvalue weighted by molar-refractivity contribution is 5.99. The molecule has 1 aromatic rings. The van der Waals surface area contributed by atoms with E-state index >= 15 is 0 Å². The smallest absolute Gasteiger partial charge is 0.328 e. The fraction of sp³-hybridized carbons (Fsp3) is 0.375. The Morgan fingerprint density at radius 3 is 2.76 bits per heavy atom. The largest absolute Gasteiger partial charge is 0.467 e. The molecule has 0 aromatic heterocycles. The van der Waals surface area contributed by atoms with Crippen LogP contribution in [0.1, 0.15) is 34.8 Å². The van der Waals surface area contributed by atoms with Crippen molar-refractivity contribution in [3.8, 4) is 11.8 Å². The lowest BCUT2D eigenvalue weighted by Gasteiger charge is -2.12. The van der Waals surface area contributed by atoms with Crippen LogP contribution in [0, 0.1) is 18.8 Å². The molecule has 0 radical (unpaired) electrons. The molecule has 0 bridgehead atoms. The van der Waals surface area contributed by atoms with Crippen molar-refractivity contribution >= 4 is 11.9 Å². The van der Waals surface area contributed by atoms with E-state index < -0.39 is 12.0 Å². The van der Waals surface area contributed by atoms with Gasteiger partial charge in [0.2, 0.25) is 0 Å². The van der Waals surface area contributed by atoms with Gasteiger partial charge in [0.1, 0.15) is 6.04 Å². The van der Waals surface area contributed by atoms with Gasteiger partial charge in [0.25, 0.3) is 5.91 Å². The summed E-state index contributed by atoms with van der Waals surface area (Å²) in [4.78, 5) is 23.6. The third-order valence-electron chi connectivity index (χ3n) is 2.78. The minimum Gasteiger partial charge on any atom is -0.467 e. The molecule has 1 rings (SSSR count). The van der Waals surface area contributed by atoms with Crippen LogP contribution in [0.15, 0.2) is 18.2 Å². The predicted octanol–water partition coefficient (Wildman–Crippen LogP) is 1.02. The maximum absolute atomic E-state index is 12.2. The monoisotopic (exact) mass is 289 g/mol. The van der Waals surface area contributed by atoms with Crippen molar-refractivity contribution in [3.63, 3.8) is 0 Å². The number of benzene rings is 1. The zero-order chi connectivity index (χ0) is 15.8. The summed E-state index contributed by atoms with van der Waals surface area (Å²) in [5.74, 6) is 4.74. The van der Waals surface area contributed by atoms with E-state index in [1.54, 1.807) is 19.1 Å². The number of methoxy groups -OCH3 is 1. The molecule has 0 aliphatic rings. The summed E-state index contributed by atoms with van der Waals surface area (Å²) in [7, 11) is 1.27. The Labute approximate surface area is 124 Å². The van der Waals surface area contributed by atoms with Crippen LogP contribution in [-0.4, -0.2) is 36.7 Å². The Morgan fingerprint density at radius 1 is 1.43 bits per heavy atom. The molecule has 0 heterocycles. The summed E-state index contributed by atoms with van der Waals surface area (Å²) in [6, 6.07) is 4.57. The van der Waals surface area contributed by atoms with Gasteiger partial charge >= 0.3 is 5.97 Å². The van der Waals surface area contributed by atoms with E-state index in [9.17, 15) is 9.59 Å². The molecule has 0 saturated heterocycles. The van der Waals surface area contributed by atoms with Crippen LogP contribution in [0.4, 0.5) is 0 Å². The maximum atomic E-state index is 12.2. The Hall–Kier alpha value is -2.32. The number of aliphatic hydroxyl groups excluding tert-OH is 1. The number of esters is 1. The summed E-state index contributed by atoms with van der Waals surface area (Å²) < 4.78 is 4.57. The normalized spacial score (nSPS) is 11.0. The lowest BCUT2D eigenvalue weighted by atomic mass is 10.0. The van der Waals surface area contributed by atoms with Crippen molar-refractivity contribution in [2.24, 2.45) is 0 Å². The Bertz CT molecular complexity index is 584. The molecule has 0 fully saturated rings. The molecule has 2 N–H and O–H groups in total. The lowest BCUT2D eigenvalue weighted by Crippen LogP contribution is -2.39. The number of hydrogen-bond acceptors (Lipinski definition) is 4. The van der Waals surface area contributed by atoms with Gasteiger partial charge in [-0.3, -0.25) is 4.79 Å². The predicted molar refractivity (Wildman–Crippen MR) is 78.7 cm³/mol. The average molecular weight is 289 g/mol. The number of carbonyl (C=O) groups excluding carboxylic acids is 2. The fourth-order valence-electron chi connectivity index (χ4n) is 1.68. The number of aliphatic hydroxyl groups is 1. The van der Waals surface area contributed by atoms with Crippen molar-refractivity contribution in [3.05, 3.63) is 34.9 Å². The van der Waals surface area contributed by atoms with E-state index in [1.165, 1.54) is 7.11 Å². The first-order chi connectivity index (χ1) is 9.99. The first-order valence-electron chi connectivity index (χ1n) is 6.58. The van der Waals surface area contributed by atoms with Gasteiger partial charge in [0.15, 0.2) is 0 Å². The molecule has 5 nitrogen and oxygen atoms in total. The van der Waals surface area contributed by atoms with Crippen LogP contribution in [0.3, 0.4) is 0 Å². The number of aryl methyl sites for hydroxylation is 1. The highest BCUT2D eigenvalue weighted by atomic mass is 16.5. The van der Waals surface area contributed by atoms with Crippen LogP contribution >= 0.6 is 0 Å². The minimum atomic E-state index is -0.735. The third-order valence-corrected chi connectivity index (χ3v) is 2.78. The molecule has 1 atom stereocenters. The van der Waals surface area contributed by atoms with Crippen molar-refractivity contribution < 1.29 is 19.4 Å². The Morgan fingerprint density at radius 2 is 2.14 bits per heavy atom. The van der Waals surface area contributed by atoms with Crippen molar-refractivity contribution in [2.75, 3.05) is 13.7 Å². The van der Waals surface area contributed by atoms with Crippen LogP contribution in [0.2, 0.25) is 0 Å². The zero-order valence-electron chi connectivity index (χ0n) is 12.4. The molecule has 112 valence electrons. The molecule has 0 spiro atoms. The van der Waals surface area contributed by atoms with E-state index in [0.717, 1.165) is 5.56 Å². The number of amides is 1. The molecule has 21 heavy (non-hydrogen) atoms. The molecule has 0 aliphatic heterocycles. The first kappa shape index (κ1) is 16.7. The van der Waals surface area contributed by atoms with Gasteiger partial charge < -0.3 is 15.2 Å². The van der Waals surface area contributed by atoms with Gasteiger partial charge in [-0.05, 0) is 26.0 Å². The molecule has 0 aliphatic carbocycles. The molecule has 0 saturated carbocycles. The lowest BCUT2D eigenvalue weighted by molar-refractivity contribution is -0.142. The van der Waals surface area contributed by atoms with E-state index in [-0.39, 0.29) is 12.5 Å². The van der Waals surface area contributed by atoms with Gasteiger partial charge in [-0.15, -0.1) is 0 Å². The third kappa shape index (κ3) is 4.93. The standard InChI is InChI=1S/C16H19NO4/c1-11-7-8-13(6-4-5-9-18)14(10-11)15(19)17-12(2)16(20)21-3/h7-8,10,12,18H,5,9H2,1-3H3,(H,17,19). The van der Waals surface area contributed by atoms with Gasteiger partial charge in [-0.2, -0.15) is 0 Å². The number of carbonyl (C=O) groups is 2. The Kier molecular flexibility index (Phi) is 6.44. The van der Waals surface area contributed by atoms with E-state index in [0.29, 0.717) is 17.5 Å². The number of rotatable bonds is 4. The van der Waals surface area contributed by atoms with E-state index in [2.05, 4.69) is 21.9 Å².